The van der Waals surface area contributed by atoms with Crippen LogP contribution in [0.3, 0.4) is 0 Å². The molecule has 1 aliphatic carbocycles. The maximum Gasteiger partial charge on any atom is 0.0337 e. The molecule has 2 heteroatoms. The van der Waals surface area contributed by atoms with Crippen LogP contribution in [0.15, 0.2) is 12.1 Å². The van der Waals surface area contributed by atoms with Crippen molar-refractivity contribution in [2.24, 2.45) is 0 Å². The summed E-state index contributed by atoms with van der Waals surface area (Å²) in [4.78, 5) is 5.95. The molecule has 0 N–H and O–H groups in total. The van der Waals surface area contributed by atoms with Crippen LogP contribution in [-0.2, 0) is 0 Å². The second-order valence-electron chi connectivity index (χ2n) is 5.55. The predicted molar refractivity (Wildman–Crippen MR) is 88.3 cm³/mol. The van der Waals surface area contributed by atoms with Crippen molar-refractivity contribution >= 4 is 33.8 Å². The Labute approximate surface area is 123 Å². The van der Waals surface area contributed by atoms with Crippen molar-refractivity contribution in [3.05, 3.63) is 42.8 Å². The number of allylic oxidation sites excluding steroid dienone is 2. The van der Waals surface area contributed by atoms with Crippen molar-refractivity contribution in [2.75, 3.05) is 0 Å². The van der Waals surface area contributed by atoms with E-state index in [1.54, 1.807) is 11.1 Å². The van der Waals surface area contributed by atoms with Gasteiger partial charge in [0, 0.05) is 19.5 Å². The molecule has 0 radical (unpaired) electrons. The van der Waals surface area contributed by atoms with Crippen LogP contribution < -0.4 is 0 Å². The predicted octanol–water partition coefficient (Wildman–Crippen LogP) is 6.14. The zero-order valence-corrected chi connectivity index (χ0v) is 13.7. The van der Waals surface area contributed by atoms with Gasteiger partial charge in [-0.05, 0) is 81.4 Å². The molecule has 0 saturated heterocycles. The van der Waals surface area contributed by atoms with E-state index in [-0.39, 0.29) is 0 Å². The lowest BCUT2D eigenvalue weighted by molar-refractivity contribution is 0.943. The van der Waals surface area contributed by atoms with Gasteiger partial charge in [-0.1, -0.05) is 0 Å². The molecule has 0 amide bonds. The molecule has 0 atom stereocenters. The molecule has 0 aliphatic heterocycles. The number of aryl methyl sites for hydroxylation is 4. The van der Waals surface area contributed by atoms with Crippen molar-refractivity contribution in [3.8, 4) is 0 Å². The van der Waals surface area contributed by atoms with Crippen LogP contribution in [0, 0.1) is 27.7 Å². The standard InChI is InChI=1S/C17H20S2/c1-10-8-12(3)18-16(10)14-6-5-7-15(14)17-11(2)9-13(4)19-17/h8-9H,5-7H2,1-4H3. The molecule has 0 fully saturated rings. The van der Waals surface area contributed by atoms with Gasteiger partial charge in [-0.2, -0.15) is 0 Å². The molecule has 2 heterocycles. The van der Waals surface area contributed by atoms with E-state index in [9.17, 15) is 0 Å². The number of hydrogen-bond acceptors (Lipinski definition) is 2. The van der Waals surface area contributed by atoms with Crippen LogP contribution in [0.25, 0.3) is 11.1 Å². The highest BCUT2D eigenvalue weighted by atomic mass is 32.1. The van der Waals surface area contributed by atoms with Crippen molar-refractivity contribution < 1.29 is 0 Å². The van der Waals surface area contributed by atoms with Crippen molar-refractivity contribution in [1.82, 2.24) is 0 Å². The summed E-state index contributed by atoms with van der Waals surface area (Å²) in [6, 6.07) is 4.66. The normalized spacial score (nSPS) is 15.6. The Balaban J connectivity index is 2.15. The molecule has 0 unspecified atom stereocenters. The summed E-state index contributed by atoms with van der Waals surface area (Å²) in [7, 11) is 0. The minimum atomic E-state index is 1.26. The van der Waals surface area contributed by atoms with E-state index in [1.165, 1.54) is 49.9 Å². The summed E-state index contributed by atoms with van der Waals surface area (Å²) < 4.78 is 0. The van der Waals surface area contributed by atoms with E-state index in [0.29, 0.717) is 0 Å². The lowest BCUT2D eigenvalue weighted by atomic mass is 10.0. The first-order valence-corrected chi connectivity index (χ1v) is 8.56. The highest BCUT2D eigenvalue weighted by Crippen LogP contribution is 2.45. The Morgan fingerprint density at radius 3 is 1.47 bits per heavy atom. The van der Waals surface area contributed by atoms with Crippen molar-refractivity contribution in [1.29, 1.82) is 0 Å². The average Bonchev–Trinajstić information content (AvgIpc) is 2.98. The van der Waals surface area contributed by atoms with E-state index in [0.717, 1.165) is 0 Å². The third-order valence-electron chi connectivity index (χ3n) is 3.85. The largest absolute Gasteiger partial charge is 0.141 e. The first-order chi connectivity index (χ1) is 9.06. The Hall–Kier alpha value is -0.860. The quantitative estimate of drug-likeness (QED) is 0.623. The third kappa shape index (κ3) is 2.32. The summed E-state index contributed by atoms with van der Waals surface area (Å²) >= 11 is 3.94. The first-order valence-electron chi connectivity index (χ1n) is 6.93. The van der Waals surface area contributed by atoms with Crippen molar-refractivity contribution in [2.45, 2.75) is 47.0 Å². The second-order valence-corrected chi connectivity index (χ2v) is 8.06. The van der Waals surface area contributed by atoms with Gasteiger partial charge in [0.05, 0.1) is 0 Å². The number of thiophene rings is 2. The van der Waals surface area contributed by atoms with Crippen LogP contribution in [-0.4, -0.2) is 0 Å². The van der Waals surface area contributed by atoms with Gasteiger partial charge in [0.25, 0.3) is 0 Å². The SMILES string of the molecule is Cc1cc(C)c(C2=C(c3sc(C)cc3C)CCC2)s1. The molecule has 0 nitrogen and oxygen atoms in total. The molecule has 3 rings (SSSR count). The summed E-state index contributed by atoms with van der Waals surface area (Å²) in [5.41, 5.74) is 6.17. The Kier molecular flexibility index (Phi) is 3.40. The van der Waals surface area contributed by atoms with Crippen LogP contribution in [0.5, 0.6) is 0 Å². The molecule has 19 heavy (non-hydrogen) atoms. The molecule has 0 spiro atoms. The lowest BCUT2D eigenvalue weighted by Gasteiger charge is -2.07. The molecule has 0 bridgehead atoms. The maximum atomic E-state index is 2.33. The van der Waals surface area contributed by atoms with Gasteiger partial charge in [-0.3, -0.25) is 0 Å². The molecule has 1 aliphatic rings. The monoisotopic (exact) mass is 288 g/mol. The maximum absolute atomic E-state index is 2.33. The third-order valence-corrected chi connectivity index (χ3v) is 6.27. The zero-order valence-electron chi connectivity index (χ0n) is 12.1. The fraction of sp³-hybridized carbons (Fsp3) is 0.412. The first kappa shape index (κ1) is 13.1. The fourth-order valence-electron chi connectivity index (χ4n) is 3.13. The molecule has 2 aromatic rings. The van der Waals surface area contributed by atoms with Gasteiger partial charge in [-0.25, -0.2) is 0 Å². The highest BCUT2D eigenvalue weighted by molar-refractivity contribution is 7.14. The van der Waals surface area contributed by atoms with Crippen LogP contribution in [0.4, 0.5) is 0 Å². The second kappa shape index (κ2) is 4.92. The molecular formula is C17H20S2. The molecule has 2 aromatic heterocycles. The van der Waals surface area contributed by atoms with Crippen LogP contribution in [0.2, 0.25) is 0 Å². The highest BCUT2D eigenvalue weighted by Gasteiger charge is 2.22. The van der Waals surface area contributed by atoms with Gasteiger partial charge in [0.2, 0.25) is 0 Å². The minimum absolute atomic E-state index is 1.26. The van der Waals surface area contributed by atoms with Gasteiger partial charge >= 0.3 is 0 Å². The van der Waals surface area contributed by atoms with Crippen LogP contribution in [0.1, 0.15) is 49.9 Å². The van der Waals surface area contributed by atoms with E-state index in [2.05, 4.69) is 39.8 Å². The van der Waals surface area contributed by atoms with Crippen LogP contribution >= 0.6 is 22.7 Å². The van der Waals surface area contributed by atoms with Gasteiger partial charge in [0.1, 0.15) is 0 Å². The summed E-state index contributed by atoms with van der Waals surface area (Å²) in [5, 5.41) is 0. The summed E-state index contributed by atoms with van der Waals surface area (Å²) in [6.07, 6.45) is 3.83. The Morgan fingerprint density at radius 1 is 0.737 bits per heavy atom. The smallest absolute Gasteiger partial charge is 0.0337 e. The van der Waals surface area contributed by atoms with Gasteiger partial charge in [0.15, 0.2) is 0 Å². The van der Waals surface area contributed by atoms with Gasteiger partial charge in [-0.15, -0.1) is 22.7 Å². The molecule has 0 aromatic carbocycles. The lowest BCUT2D eigenvalue weighted by Crippen LogP contribution is -1.84. The number of hydrogen-bond donors (Lipinski definition) is 0. The molecule has 100 valence electrons. The molecular weight excluding hydrogens is 268 g/mol. The van der Waals surface area contributed by atoms with E-state index in [1.807, 2.05) is 22.7 Å². The van der Waals surface area contributed by atoms with E-state index in [4.69, 9.17) is 0 Å². The van der Waals surface area contributed by atoms with Crippen molar-refractivity contribution in [3.63, 3.8) is 0 Å². The van der Waals surface area contributed by atoms with Gasteiger partial charge < -0.3 is 0 Å². The van der Waals surface area contributed by atoms with E-state index < -0.39 is 0 Å². The number of rotatable bonds is 2. The average molecular weight is 288 g/mol. The fourth-order valence-corrected chi connectivity index (χ4v) is 5.38. The van der Waals surface area contributed by atoms with E-state index >= 15 is 0 Å². The minimum Gasteiger partial charge on any atom is -0.141 e. The topological polar surface area (TPSA) is 0 Å². The summed E-state index contributed by atoms with van der Waals surface area (Å²) in [5.74, 6) is 0. The molecule has 0 saturated carbocycles. The zero-order chi connectivity index (χ0) is 13.6. The summed E-state index contributed by atoms with van der Waals surface area (Å²) in [6.45, 7) is 8.95. The Bertz CT molecular complexity index is 597. The Morgan fingerprint density at radius 2 is 1.16 bits per heavy atom.